The maximum atomic E-state index is 12.6. The molecule has 1 atom stereocenters. The molecule has 0 radical (unpaired) electrons. The number of amides is 1. The van der Waals surface area contributed by atoms with Crippen molar-refractivity contribution in [1.29, 1.82) is 5.26 Å². The van der Waals surface area contributed by atoms with E-state index in [-0.39, 0.29) is 23.3 Å². The van der Waals surface area contributed by atoms with Gasteiger partial charge in [-0.05, 0) is 25.0 Å². The van der Waals surface area contributed by atoms with Crippen LogP contribution in [0.4, 0.5) is 5.69 Å². The second-order valence-corrected chi connectivity index (χ2v) is 8.62. The summed E-state index contributed by atoms with van der Waals surface area (Å²) in [5.41, 5.74) is 1.54. The average molecular weight is 347 g/mol. The summed E-state index contributed by atoms with van der Waals surface area (Å²) in [6, 6.07) is 9.69. The van der Waals surface area contributed by atoms with Crippen LogP contribution in [0.25, 0.3) is 0 Å². The van der Waals surface area contributed by atoms with Gasteiger partial charge in [0.05, 0.1) is 28.7 Å². The average Bonchev–Trinajstić information content (AvgIpc) is 2.80. The second kappa shape index (κ2) is 6.81. The first-order chi connectivity index (χ1) is 11.5. The van der Waals surface area contributed by atoms with Gasteiger partial charge in [-0.1, -0.05) is 12.1 Å². The van der Waals surface area contributed by atoms with Crippen LogP contribution in [0, 0.1) is 17.2 Å². The van der Waals surface area contributed by atoms with Gasteiger partial charge in [0.15, 0.2) is 9.84 Å². The Labute approximate surface area is 142 Å². The van der Waals surface area contributed by atoms with E-state index in [2.05, 4.69) is 11.0 Å². The molecule has 0 N–H and O–H groups in total. The highest BCUT2D eigenvalue weighted by Gasteiger charge is 2.35. The molecular formula is C17H21N3O3S. The Bertz CT molecular complexity index is 770. The molecule has 1 aromatic carbocycles. The number of sulfone groups is 1. The molecule has 6 nitrogen and oxygen atoms in total. The van der Waals surface area contributed by atoms with Crippen molar-refractivity contribution < 1.29 is 13.2 Å². The number of benzene rings is 1. The fraction of sp³-hybridized carbons (Fsp3) is 0.529. The largest absolute Gasteiger partial charge is 0.369 e. The third kappa shape index (κ3) is 3.54. The number of anilines is 1. The minimum atomic E-state index is -3.04. The Kier molecular flexibility index (Phi) is 4.76. The van der Waals surface area contributed by atoms with Gasteiger partial charge in [0, 0.05) is 26.2 Å². The number of hydrogen-bond donors (Lipinski definition) is 0. The molecule has 2 saturated heterocycles. The normalized spacial score (nSPS) is 23.5. The highest BCUT2D eigenvalue weighted by molar-refractivity contribution is 7.91. The van der Waals surface area contributed by atoms with Crippen molar-refractivity contribution in [3.8, 4) is 6.07 Å². The molecule has 2 heterocycles. The zero-order chi connectivity index (χ0) is 17.2. The van der Waals surface area contributed by atoms with E-state index in [0.29, 0.717) is 31.6 Å². The van der Waals surface area contributed by atoms with Gasteiger partial charge in [0.25, 0.3) is 0 Å². The highest BCUT2D eigenvalue weighted by atomic mass is 32.2. The van der Waals surface area contributed by atoms with Gasteiger partial charge < -0.3 is 9.80 Å². The van der Waals surface area contributed by atoms with E-state index in [4.69, 9.17) is 0 Å². The number of hydrogen-bond acceptors (Lipinski definition) is 5. The molecule has 3 rings (SSSR count). The predicted octanol–water partition coefficient (Wildman–Crippen LogP) is 1.03. The molecule has 24 heavy (non-hydrogen) atoms. The van der Waals surface area contributed by atoms with Crippen molar-refractivity contribution in [3.05, 3.63) is 29.8 Å². The van der Waals surface area contributed by atoms with Crippen molar-refractivity contribution in [2.45, 2.75) is 12.8 Å². The molecule has 1 amide bonds. The maximum Gasteiger partial charge on any atom is 0.226 e. The number of para-hydroxylation sites is 1. The summed E-state index contributed by atoms with van der Waals surface area (Å²) in [7, 11) is -3.04. The molecular weight excluding hydrogens is 326 g/mol. The van der Waals surface area contributed by atoms with Gasteiger partial charge in [0.2, 0.25) is 5.91 Å². The quantitative estimate of drug-likeness (QED) is 0.798. The van der Waals surface area contributed by atoms with E-state index in [1.165, 1.54) is 0 Å². The van der Waals surface area contributed by atoms with Crippen molar-refractivity contribution in [2.24, 2.45) is 5.92 Å². The lowest BCUT2D eigenvalue weighted by molar-refractivity contribution is -0.134. The van der Waals surface area contributed by atoms with Crippen LogP contribution in [0.3, 0.4) is 0 Å². The molecule has 0 unspecified atom stereocenters. The molecule has 2 aliphatic rings. The Morgan fingerprint density at radius 2 is 1.96 bits per heavy atom. The lowest BCUT2D eigenvalue weighted by atomic mass is 10.1. The van der Waals surface area contributed by atoms with Gasteiger partial charge in [-0.15, -0.1) is 0 Å². The van der Waals surface area contributed by atoms with Crippen molar-refractivity contribution in [2.75, 3.05) is 42.6 Å². The summed E-state index contributed by atoms with van der Waals surface area (Å²) < 4.78 is 23.2. The Hall–Kier alpha value is -2.07. The van der Waals surface area contributed by atoms with E-state index in [0.717, 1.165) is 18.7 Å². The van der Waals surface area contributed by atoms with Crippen molar-refractivity contribution in [1.82, 2.24) is 4.90 Å². The fourth-order valence-electron chi connectivity index (χ4n) is 3.47. The predicted molar refractivity (Wildman–Crippen MR) is 91.3 cm³/mol. The first-order valence-electron chi connectivity index (χ1n) is 8.23. The van der Waals surface area contributed by atoms with Crippen LogP contribution < -0.4 is 4.90 Å². The molecule has 0 bridgehead atoms. The van der Waals surface area contributed by atoms with Gasteiger partial charge in [-0.25, -0.2) is 8.42 Å². The standard InChI is InChI=1S/C17H21N3O3S/c18-12-14-4-1-2-5-16(14)19-7-3-8-20(10-9-19)17(21)15-6-11-24(22,23)13-15/h1-2,4-5,15H,3,6-11,13H2/t15-/m0/s1. The molecule has 0 spiro atoms. The Morgan fingerprint density at radius 3 is 2.67 bits per heavy atom. The summed E-state index contributed by atoms with van der Waals surface area (Å²) >= 11 is 0. The summed E-state index contributed by atoms with van der Waals surface area (Å²) in [5.74, 6) is -0.304. The molecule has 0 aliphatic carbocycles. The lowest BCUT2D eigenvalue weighted by Crippen LogP contribution is -2.39. The van der Waals surface area contributed by atoms with Crippen molar-refractivity contribution in [3.63, 3.8) is 0 Å². The second-order valence-electron chi connectivity index (χ2n) is 6.39. The zero-order valence-corrected chi connectivity index (χ0v) is 14.3. The SMILES string of the molecule is N#Cc1ccccc1N1CCCN(C(=O)[C@H]2CCS(=O)(=O)C2)CC1. The van der Waals surface area contributed by atoms with E-state index >= 15 is 0 Å². The summed E-state index contributed by atoms with van der Waals surface area (Å²) in [4.78, 5) is 16.5. The van der Waals surface area contributed by atoms with Crippen LogP contribution in [-0.2, 0) is 14.6 Å². The molecule has 7 heteroatoms. The molecule has 1 aromatic rings. The van der Waals surface area contributed by atoms with E-state index in [1.807, 2.05) is 18.2 Å². The lowest BCUT2D eigenvalue weighted by Gasteiger charge is -2.25. The minimum Gasteiger partial charge on any atom is -0.369 e. The van der Waals surface area contributed by atoms with Gasteiger partial charge in [-0.2, -0.15) is 5.26 Å². The van der Waals surface area contributed by atoms with E-state index < -0.39 is 9.84 Å². The zero-order valence-electron chi connectivity index (χ0n) is 13.5. The van der Waals surface area contributed by atoms with Crippen LogP contribution in [0.1, 0.15) is 18.4 Å². The number of nitriles is 1. The van der Waals surface area contributed by atoms with Crippen molar-refractivity contribution >= 4 is 21.4 Å². The third-order valence-electron chi connectivity index (χ3n) is 4.75. The monoisotopic (exact) mass is 347 g/mol. The van der Waals surface area contributed by atoms with Gasteiger partial charge >= 0.3 is 0 Å². The van der Waals surface area contributed by atoms with Crippen LogP contribution >= 0.6 is 0 Å². The molecule has 2 aliphatic heterocycles. The number of carbonyl (C=O) groups excluding carboxylic acids is 1. The molecule has 128 valence electrons. The van der Waals surface area contributed by atoms with Crippen LogP contribution in [0.5, 0.6) is 0 Å². The maximum absolute atomic E-state index is 12.6. The Morgan fingerprint density at radius 1 is 1.17 bits per heavy atom. The van der Waals surface area contributed by atoms with E-state index in [9.17, 15) is 18.5 Å². The van der Waals surface area contributed by atoms with Crippen LogP contribution in [-0.4, -0.2) is 56.9 Å². The summed E-state index contributed by atoms with van der Waals surface area (Å²) in [6.07, 6.45) is 1.25. The first-order valence-corrected chi connectivity index (χ1v) is 10.1. The van der Waals surface area contributed by atoms with E-state index in [1.54, 1.807) is 11.0 Å². The highest BCUT2D eigenvalue weighted by Crippen LogP contribution is 2.24. The topological polar surface area (TPSA) is 81.5 Å². The first kappa shape index (κ1) is 16.8. The minimum absolute atomic E-state index is 0.0106. The fourth-order valence-corrected chi connectivity index (χ4v) is 5.20. The number of nitrogens with zero attached hydrogens (tertiary/aromatic N) is 3. The van der Waals surface area contributed by atoms with Crippen LogP contribution in [0.15, 0.2) is 24.3 Å². The smallest absolute Gasteiger partial charge is 0.226 e. The molecule has 0 aromatic heterocycles. The summed E-state index contributed by atoms with van der Waals surface area (Å²) in [5, 5.41) is 9.25. The van der Waals surface area contributed by atoms with Gasteiger partial charge in [0.1, 0.15) is 6.07 Å². The summed E-state index contributed by atoms with van der Waals surface area (Å²) in [6.45, 7) is 2.64. The molecule has 0 saturated carbocycles. The Balaban J connectivity index is 1.67. The van der Waals surface area contributed by atoms with Crippen LogP contribution in [0.2, 0.25) is 0 Å². The number of carbonyl (C=O) groups is 1. The third-order valence-corrected chi connectivity index (χ3v) is 6.52. The molecule has 2 fully saturated rings. The van der Waals surface area contributed by atoms with Gasteiger partial charge in [-0.3, -0.25) is 4.79 Å². The number of rotatable bonds is 2.